The SMILES string of the molecule is O=C(N[C@@H]1CCCN(c2ncccn2)C1)C1=CCCCC1. The van der Waals surface area contributed by atoms with Crippen LogP contribution in [0, 0.1) is 0 Å². The molecule has 2 heterocycles. The lowest BCUT2D eigenvalue weighted by molar-refractivity contribution is -0.118. The zero-order valence-corrected chi connectivity index (χ0v) is 12.3. The van der Waals surface area contributed by atoms with Crippen LogP contribution in [-0.4, -0.2) is 35.0 Å². The van der Waals surface area contributed by atoms with Crippen molar-refractivity contribution in [2.45, 2.75) is 44.6 Å². The van der Waals surface area contributed by atoms with Crippen LogP contribution in [-0.2, 0) is 4.79 Å². The van der Waals surface area contributed by atoms with Gasteiger partial charge in [-0.15, -0.1) is 0 Å². The van der Waals surface area contributed by atoms with Crippen molar-refractivity contribution < 1.29 is 4.79 Å². The molecule has 0 saturated carbocycles. The molecule has 1 aromatic heterocycles. The van der Waals surface area contributed by atoms with Gasteiger partial charge in [0.15, 0.2) is 0 Å². The molecule has 1 aliphatic heterocycles. The van der Waals surface area contributed by atoms with E-state index in [0.717, 1.165) is 56.7 Å². The van der Waals surface area contributed by atoms with E-state index in [1.165, 1.54) is 6.42 Å². The monoisotopic (exact) mass is 286 g/mol. The van der Waals surface area contributed by atoms with Gasteiger partial charge < -0.3 is 10.2 Å². The number of carbonyl (C=O) groups excluding carboxylic acids is 1. The minimum Gasteiger partial charge on any atom is -0.348 e. The Morgan fingerprint density at radius 1 is 1.24 bits per heavy atom. The van der Waals surface area contributed by atoms with Crippen LogP contribution >= 0.6 is 0 Å². The van der Waals surface area contributed by atoms with Gasteiger partial charge in [0.2, 0.25) is 11.9 Å². The third kappa shape index (κ3) is 3.60. The molecule has 0 spiro atoms. The van der Waals surface area contributed by atoms with Crippen molar-refractivity contribution in [3.05, 3.63) is 30.1 Å². The van der Waals surface area contributed by atoms with Gasteiger partial charge in [0.05, 0.1) is 0 Å². The van der Waals surface area contributed by atoms with E-state index in [1.807, 2.05) is 6.07 Å². The summed E-state index contributed by atoms with van der Waals surface area (Å²) in [5.74, 6) is 0.879. The Labute approximate surface area is 125 Å². The predicted molar refractivity (Wildman–Crippen MR) is 82.0 cm³/mol. The lowest BCUT2D eigenvalue weighted by Gasteiger charge is -2.33. The first-order chi connectivity index (χ1) is 10.3. The van der Waals surface area contributed by atoms with Gasteiger partial charge in [-0.2, -0.15) is 0 Å². The Kier molecular flexibility index (Phi) is 4.48. The Bertz CT molecular complexity index is 514. The van der Waals surface area contributed by atoms with Crippen molar-refractivity contribution in [2.75, 3.05) is 18.0 Å². The zero-order valence-electron chi connectivity index (χ0n) is 12.3. The first kappa shape index (κ1) is 14.0. The van der Waals surface area contributed by atoms with E-state index in [4.69, 9.17) is 0 Å². The van der Waals surface area contributed by atoms with Crippen LogP contribution in [0.25, 0.3) is 0 Å². The summed E-state index contributed by atoms with van der Waals surface area (Å²) in [5.41, 5.74) is 0.967. The average Bonchev–Trinajstić information content (AvgIpc) is 2.57. The number of amides is 1. The summed E-state index contributed by atoms with van der Waals surface area (Å²) in [7, 11) is 0. The second-order valence-corrected chi connectivity index (χ2v) is 5.78. The van der Waals surface area contributed by atoms with Crippen LogP contribution in [0.5, 0.6) is 0 Å². The van der Waals surface area contributed by atoms with Crippen LogP contribution in [0.1, 0.15) is 38.5 Å². The molecule has 5 nitrogen and oxygen atoms in total. The van der Waals surface area contributed by atoms with Gasteiger partial charge in [0.1, 0.15) is 0 Å². The van der Waals surface area contributed by atoms with Crippen LogP contribution in [0.2, 0.25) is 0 Å². The van der Waals surface area contributed by atoms with Gasteiger partial charge in [0.25, 0.3) is 0 Å². The largest absolute Gasteiger partial charge is 0.348 e. The Morgan fingerprint density at radius 2 is 2.10 bits per heavy atom. The summed E-state index contributed by atoms with van der Waals surface area (Å²) in [6.07, 6.45) is 12.0. The highest BCUT2D eigenvalue weighted by molar-refractivity contribution is 5.93. The van der Waals surface area contributed by atoms with Gasteiger partial charge in [0, 0.05) is 37.1 Å². The van der Waals surface area contributed by atoms with Crippen LogP contribution in [0.3, 0.4) is 0 Å². The number of carbonyl (C=O) groups is 1. The number of allylic oxidation sites excluding steroid dienone is 1. The number of hydrogen-bond donors (Lipinski definition) is 1. The van der Waals surface area contributed by atoms with E-state index in [2.05, 4.69) is 26.3 Å². The van der Waals surface area contributed by atoms with Gasteiger partial charge in [-0.05, 0) is 44.6 Å². The van der Waals surface area contributed by atoms with Crippen molar-refractivity contribution in [3.63, 3.8) is 0 Å². The minimum absolute atomic E-state index is 0.121. The first-order valence-electron chi connectivity index (χ1n) is 7.85. The Balaban J connectivity index is 1.59. The summed E-state index contributed by atoms with van der Waals surface area (Å²) in [6.45, 7) is 1.75. The Hall–Kier alpha value is -1.91. The summed E-state index contributed by atoms with van der Waals surface area (Å²) < 4.78 is 0. The fourth-order valence-corrected chi connectivity index (χ4v) is 3.05. The lowest BCUT2D eigenvalue weighted by atomic mass is 9.98. The Morgan fingerprint density at radius 3 is 2.86 bits per heavy atom. The van der Waals surface area contributed by atoms with E-state index in [-0.39, 0.29) is 11.9 Å². The van der Waals surface area contributed by atoms with Crippen molar-refractivity contribution >= 4 is 11.9 Å². The zero-order chi connectivity index (χ0) is 14.5. The molecule has 2 aliphatic rings. The lowest BCUT2D eigenvalue weighted by Crippen LogP contribution is -2.48. The average molecular weight is 286 g/mol. The maximum Gasteiger partial charge on any atom is 0.247 e. The molecule has 1 N–H and O–H groups in total. The molecule has 1 aromatic rings. The maximum atomic E-state index is 12.3. The molecule has 1 saturated heterocycles. The molecule has 5 heteroatoms. The van der Waals surface area contributed by atoms with Crippen molar-refractivity contribution in [3.8, 4) is 0 Å². The predicted octanol–water partition coefficient (Wildman–Crippen LogP) is 2.06. The number of nitrogens with zero attached hydrogens (tertiary/aromatic N) is 3. The highest BCUT2D eigenvalue weighted by Crippen LogP contribution is 2.19. The van der Waals surface area contributed by atoms with Gasteiger partial charge >= 0.3 is 0 Å². The van der Waals surface area contributed by atoms with E-state index in [1.54, 1.807) is 12.4 Å². The molecule has 1 fully saturated rings. The molecule has 1 aliphatic carbocycles. The van der Waals surface area contributed by atoms with Gasteiger partial charge in [-0.25, -0.2) is 9.97 Å². The molecule has 1 amide bonds. The second kappa shape index (κ2) is 6.70. The van der Waals surface area contributed by atoms with Crippen molar-refractivity contribution in [1.29, 1.82) is 0 Å². The van der Waals surface area contributed by atoms with Gasteiger partial charge in [-0.3, -0.25) is 4.79 Å². The molecule has 3 rings (SSSR count). The topological polar surface area (TPSA) is 58.1 Å². The minimum atomic E-state index is 0.121. The number of aromatic nitrogens is 2. The van der Waals surface area contributed by atoms with E-state index < -0.39 is 0 Å². The molecule has 21 heavy (non-hydrogen) atoms. The number of hydrogen-bond acceptors (Lipinski definition) is 4. The number of nitrogens with one attached hydrogen (secondary N) is 1. The number of piperidine rings is 1. The normalized spacial score (nSPS) is 22.6. The summed E-state index contributed by atoms with van der Waals surface area (Å²) in [5, 5.41) is 3.18. The molecule has 1 atom stereocenters. The third-order valence-electron chi connectivity index (χ3n) is 4.17. The molecular weight excluding hydrogens is 264 g/mol. The van der Waals surface area contributed by atoms with Crippen LogP contribution in [0.4, 0.5) is 5.95 Å². The highest BCUT2D eigenvalue weighted by Gasteiger charge is 2.24. The number of anilines is 1. The van der Waals surface area contributed by atoms with E-state index in [0.29, 0.717) is 0 Å². The summed E-state index contributed by atoms with van der Waals surface area (Å²) in [6, 6.07) is 2.01. The standard InChI is InChI=1S/C16H22N4O/c21-15(13-6-2-1-3-7-13)19-14-8-4-11-20(12-14)16-17-9-5-10-18-16/h5-6,9-10,14H,1-4,7-8,11-12H2,(H,19,21)/t14-/m1/s1. The molecular formula is C16H22N4O. The second-order valence-electron chi connectivity index (χ2n) is 5.78. The van der Waals surface area contributed by atoms with Crippen molar-refractivity contribution in [2.24, 2.45) is 0 Å². The van der Waals surface area contributed by atoms with Gasteiger partial charge in [-0.1, -0.05) is 6.08 Å². The fourth-order valence-electron chi connectivity index (χ4n) is 3.05. The quantitative estimate of drug-likeness (QED) is 0.924. The highest BCUT2D eigenvalue weighted by atomic mass is 16.1. The molecule has 0 radical (unpaired) electrons. The summed E-state index contributed by atoms with van der Waals surface area (Å²) >= 11 is 0. The summed E-state index contributed by atoms with van der Waals surface area (Å²) in [4.78, 5) is 23.0. The molecule has 112 valence electrons. The first-order valence-corrected chi connectivity index (χ1v) is 7.85. The number of rotatable bonds is 3. The molecule has 0 unspecified atom stereocenters. The third-order valence-corrected chi connectivity index (χ3v) is 4.17. The fraction of sp³-hybridized carbons (Fsp3) is 0.562. The van der Waals surface area contributed by atoms with E-state index >= 15 is 0 Å². The van der Waals surface area contributed by atoms with E-state index in [9.17, 15) is 4.79 Å². The molecule has 0 aromatic carbocycles. The van der Waals surface area contributed by atoms with Crippen LogP contribution in [0.15, 0.2) is 30.1 Å². The van der Waals surface area contributed by atoms with Crippen LogP contribution < -0.4 is 10.2 Å². The maximum absolute atomic E-state index is 12.3. The smallest absolute Gasteiger partial charge is 0.247 e. The van der Waals surface area contributed by atoms with Crippen molar-refractivity contribution in [1.82, 2.24) is 15.3 Å². The molecule has 0 bridgehead atoms.